The van der Waals surface area contributed by atoms with Gasteiger partial charge in [0.1, 0.15) is 0 Å². The number of benzene rings is 1. The van der Waals surface area contributed by atoms with Crippen molar-refractivity contribution in [3.63, 3.8) is 0 Å². The highest BCUT2D eigenvalue weighted by atomic mass is 35.5. The summed E-state index contributed by atoms with van der Waals surface area (Å²) in [6.07, 6.45) is 1.36. The first-order valence-electron chi connectivity index (χ1n) is 11.0. The van der Waals surface area contributed by atoms with E-state index in [4.69, 9.17) is 11.6 Å². The predicted molar refractivity (Wildman–Crippen MR) is 127 cm³/mol. The smallest absolute Gasteiger partial charge is 0.228 e. The van der Waals surface area contributed by atoms with E-state index in [1.54, 1.807) is 0 Å². The lowest BCUT2D eigenvalue weighted by molar-refractivity contribution is -0.136. The van der Waals surface area contributed by atoms with E-state index >= 15 is 0 Å². The molecule has 1 saturated heterocycles. The third-order valence-electron chi connectivity index (χ3n) is 6.23. The third-order valence-corrected chi connectivity index (χ3v) is 7.52. The second-order valence-electron chi connectivity index (χ2n) is 8.41. The zero-order valence-electron chi connectivity index (χ0n) is 18.3. The number of rotatable bonds is 5. The van der Waals surface area contributed by atoms with Gasteiger partial charge in [-0.2, -0.15) is 0 Å². The molecule has 2 heterocycles. The van der Waals surface area contributed by atoms with Crippen LogP contribution in [0.15, 0.2) is 24.3 Å². The molecule has 32 heavy (non-hydrogen) atoms. The summed E-state index contributed by atoms with van der Waals surface area (Å²) in [6.45, 7) is 6.47. The van der Waals surface area contributed by atoms with Crippen LogP contribution < -0.4 is 10.2 Å². The molecule has 2 aliphatic rings. The molecule has 1 aliphatic carbocycles. The number of carbonyl (C=O) groups excluding carboxylic acids is 3. The maximum Gasteiger partial charge on any atom is 0.228 e. The first kappa shape index (κ1) is 22.7. The first-order chi connectivity index (χ1) is 15.4. The molecule has 2 aromatic rings. The van der Waals surface area contributed by atoms with Gasteiger partial charge in [0.05, 0.1) is 16.5 Å². The van der Waals surface area contributed by atoms with Gasteiger partial charge in [0.25, 0.3) is 0 Å². The quantitative estimate of drug-likeness (QED) is 0.711. The Morgan fingerprint density at radius 2 is 2.00 bits per heavy atom. The molecular weight excluding hydrogens is 448 g/mol. The number of Topliss-reactive ketones (excluding diaryl/α,β-unsaturated/α-hetero) is 1. The number of hydrogen-bond acceptors (Lipinski definition) is 6. The van der Waals surface area contributed by atoms with Crippen LogP contribution in [0.4, 0.5) is 10.8 Å². The summed E-state index contributed by atoms with van der Waals surface area (Å²) in [5.41, 5.74) is 1.68. The molecule has 0 unspecified atom stereocenters. The molecule has 0 bridgehead atoms. The lowest BCUT2D eigenvalue weighted by atomic mass is 9.88. The Kier molecular flexibility index (Phi) is 6.81. The van der Waals surface area contributed by atoms with Crippen LogP contribution in [0.3, 0.4) is 0 Å². The van der Waals surface area contributed by atoms with E-state index in [-0.39, 0.29) is 29.9 Å². The van der Waals surface area contributed by atoms with Gasteiger partial charge < -0.3 is 15.1 Å². The molecule has 0 radical (unpaired) electrons. The summed E-state index contributed by atoms with van der Waals surface area (Å²) < 4.78 is 0. The number of ketones is 1. The number of carbonyl (C=O) groups is 3. The molecule has 1 fully saturated rings. The molecular formula is C23H27ClN4O3S. The molecule has 1 aliphatic heterocycles. The topological polar surface area (TPSA) is 82.6 Å². The average molecular weight is 475 g/mol. The van der Waals surface area contributed by atoms with E-state index in [9.17, 15) is 14.4 Å². The zero-order valence-corrected chi connectivity index (χ0v) is 19.8. The van der Waals surface area contributed by atoms with Crippen molar-refractivity contribution in [3.8, 4) is 0 Å². The van der Waals surface area contributed by atoms with E-state index in [0.717, 1.165) is 25.2 Å². The van der Waals surface area contributed by atoms with Gasteiger partial charge in [-0.3, -0.25) is 14.4 Å². The highest BCUT2D eigenvalue weighted by Gasteiger charge is 2.36. The lowest BCUT2D eigenvalue weighted by Crippen LogP contribution is -2.51. The fraction of sp³-hybridized carbons (Fsp3) is 0.478. The molecule has 2 atom stereocenters. The van der Waals surface area contributed by atoms with Gasteiger partial charge in [0.15, 0.2) is 10.9 Å². The summed E-state index contributed by atoms with van der Waals surface area (Å²) in [5, 5.41) is 3.94. The van der Waals surface area contributed by atoms with E-state index in [0.29, 0.717) is 40.2 Å². The Hall–Kier alpha value is -2.45. The Labute approximate surface area is 196 Å². The van der Waals surface area contributed by atoms with Crippen molar-refractivity contribution in [2.75, 3.05) is 36.4 Å². The molecule has 1 N–H and O–H groups in total. The predicted octanol–water partition coefficient (Wildman–Crippen LogP) is 3.88. The van der Waals surface area contributed by atoms with Gasteiger partial charge in [-0.05, 0) is 24.6 Å². The first-order valence-corrected chi connectivity index (χ1v) is 12.2. The highest BCUT2D eigenvalue weighted by Crippen LogP contribution is 2.33. The molecule has 7 nitrogen and oxygen atoms in total. The highest BCUT2D eigenvalue weighted by molar-refractivity contribution is 7.17. The zero-order chi connectivity index (χ0) is 22.8. The summed E-state index contributed by atoms with van der Waals surface area (Å²) in [6, 6.07) is 7.72. The van der Waals surface area contributed by atoms with E-state index < -0.39 is 5.92 Å². The summed E-state index contributed by atoms with van der Waals surface area (Å²) in [5.74, 6) is -0.674. The largest absolute Gasteiger partial charge is 0.368 e. The minimum absolute atomic E-state index is 0.00735. The normalized spacial score (nSPS) is 19.5. The van der Waals surface area contributed by atoms with Crippen LogP contribution in [0.2, 0.25) is 5.02 Å². The van der Waals surface area contributed by atoms with Gasteiger partial charge in [-0.15, -0.1) is 0 Å². The van der Waals surface area contributed by atoms with Crippen molar-refractivity contribution in [1.82, 2.24) is 9.88 Å². The number of nitrogens with zero attached hydrogens (tertiary/aromatic N) is 3. The monoisotopic (exact) mass is 474 g/mol. The van der Waals surface area contributed by atoms with Crippen molar-refractivity contribution >= 4 is 51.4 Å². The number of anilines is 2. The van der Waals surface area contributed by atoms with Crippen LogP contribution >= 0.6 is 22.9 Å². The summed E-state index contributed by atoms with van der Waals surface area (Å²) >= 11 is 7.31. The molecule has 4 rings (SSSR count). The Morgan fingerprint density at radius 1 is 1.25 bits per heavy atom. The maximum atomic E-state index is 13.2. The summed E-state index contributed by atoms with van der Waals surface area (Å²) in [4.78, 5) is 47.1. The molecule has 0 saturated carbocycles. The second-order valence-corrected chi connectivity index (χ2v) is 9.85. The SMILES string of the molecule is CC[C@H](C)C(=O)Nc1nc2c(s1)C(=O)C[C@H](C(=O)N1CCN(c3cccc(Cl)c3)CC1)C2. The van der Waals surface area contributed by atoms with Crippen molar-refractivity contribution in [1.29, 1.82) is 0 Å². The van der Waals surface area contributed by atoms with Crippen LogP contribution in [-0.2, 0) is 16.0 Å². The molecule has 0 spiro atoms. The fourth-order valence-electron chi connectivity index (χ4n) is 4.09. The minimum atomic E-state index is -0.395. The van der Waals surface area contributed by atoms with E-state index in [1.165, 1.54) is 11.3 Å². The molecule has 1 aromatic heterocycles. The third kappa shape index (κ3) is 4.81. The Balaban J connectivity index is 1.38. The Morgan fingerprint density at radius 3 is 2.69 bits per heavy atom. The number of fused-ring (bicyclic) bond motifs is 1. The van der Waals surface area contributed by atoms with E-state index in [2.05, 4.69) is 15.2 Å². The Bertz CT molecular complexity index is 1030. The van der Waals surface area contributed by atoms with Gasteiger partial charge in [0.2, 0.25) is 11.8 Å². The number of hydrogen-bond donors (Lipinski definition) is 1. The fourth-order valence-corrected chi connectivity index (χ4v) is 5.22. The van der Waals surface area contributed by atoms with Gasteiger partial charge in [-0.25, -0.2) is 4.98 Å². The van der Waals surface area contributed by atoms with Crippen molar-refractivity contribution in [3.05, 3.63) is 39.9 Å². The number of thiazole rings is 1. The number of amides is 2. The number of halogens is 1. The van der Waals surface area contributed by atoms with Crippen LogP contribution in [0.5, 0.6) is 0 Å². The number of nitrogens with one attached hydrogen (secondary N) is 1. The van der Waals surface area contributed by atoms with Crippen LogP contribution in [0.1, 0.15) is 42.1 Å². The number of aromatic nitrogens is 1. The number of piperazine rings is 1. The molecule has 170 valence electrons. The van der Waals surface area contributed by atoms with Crippen LogP contribution in [-0.4, -0.2) is 53.7 Å². The van der Waals surface area contributed by atoms with Gasteiger partial charge in [0, 0.05) is 55.6 Å². The van der Waals surface area contributed by atoms with Crippen LogP contribution in [0.25, 0.3) is 0 Å². The molecule has 1 aromatic carbocycles. The lowest BCUT2D eigenvalue weighted by Gasteiger charge is -2.38. The standard InChI is InChI=1S/C23H27ClN4O3S/c1-3-14(2)21(30)26-23-25-18-11-15(12-19(29)20(18)32-23)22(31)28-9-7-27(8-10-28)17-6-4-5-16(24)13-17/h4-6,13-15H,3,7-12H2,1-2H3,(H,25,26,30)/t14-,15+/m0/s1. The van der Waals surface area contributed by atoms with Crippen LogP contribution in [0, 0.1) is 11.8 Å². The maximum absolute atomic E-state index is 13.2. The van der Waals surface area contributed by atoms with E-state index in [1.807, 2.05) is 43.0 Å². The molecule has 9 heteroatoms. The molecule has 2 amide bonds. The van der Waals surface area contributed by atoms with Gasteiger partial charge in [-0.1, -0.05) is 42.9 Å². The minimum Gasteiger partial charge on any atom is -0.368 e. The summed E-state index contributed by atoms with van der Waals surface area (Å²) in [7, 11) is 0. The van der Waals surface area contributed by atoms with Crippen molar-refractivity contribution in [2.45, 2.75) is 33.1 Å². The second kappa shape index (κ2) is 9.58. The van der Waals surface area contributed by atoms with Gasteiger partial charge >= 0.3 is 0 Å². The van der Waals surface area contributed by atoms with Crippen molar-refractivity contribution in [2.24, 2.45) is 11.8 Å². The average Bonchev–Trinajstić information content (AvgIpc) is 3.21. The van der Waals surface area contributed by atoms with Crippen molar-refractivity contribution < 1.29 is 14.4 Å².